The summed E-state index contributed by atoms with van der Waals surface area (Å²) in [6, 6.07) is 11.8. The Morgan fingerprint density at radius 3 is 2.68 bits per heavy atom. The number of piperidine rings is 1. The molecule has 2 amide bonds. The lowest BCUT2D eigenvalue weighted by atomic mass is 10.1. The molecule has 1 saturated heterocycles. The Labute approximate surface area is 146 Å². The maximum Gasteiger partial charge on any atom is 0.272 e. The molecule has 126 valence electrons. The van der Waals surface area contributed by atoms with Gasteiger partial charge in [-0.25, -0.2) is 0 Å². The quantitative estimate of drug-likeness (QED) is 0.935. The van der Waals surface area contributed by atoms with Gasteiger partial charge >= 0.3 is 0 Å². The van der Waals surface area contributed by atoms with Crippen molar-refractivity contribution in [2.75, 3.05) is 18.4 Å². The Morgan fingerprint density at radius 2 is 1.92 bits per heavy atom. The second kappa shape index (κ2) is 7.58. The van der Waals surface area contributed by atoms with Crippen LogP contribution in [-0.2, 0) is 0 Å². The monoisotopic (exact) mass is 334 g/mol. The lowest BCUT2D eigenvalue weighted by Gasteiger charge is -2.26. The molecule has 0 saturated carbocycles. The molecular formula is C19H18N4O2. The number of hydrogen-bond donors (Lipinski definition) is 1. The maximum atomic E-state index is 12.5. The molecule has 0 unspecified atom stereocenters. The average Bonchev–Trinajstić information content (AvgIpc) is 2.68. The zero-order valence-corrected chi connectivity index (χ0v) is 13.7. The minimum atomic E-state index is -0.342. The predicted molar refractivity (Wildman–Crippen MR) is 93.1 cm³/mol. The molecule has 0 bridgehead atoms. The minimum absolute atomic E-state index is 0.138. The Kier molecular flexibility index (Phi) is 5.05. The zero-order valence-electron chi connectivity index (χ0n) is 13.7. The van der Waals surface area contributed by atoms with E-state index in [4.69, 9.17) is 5.26 Å². The van der Waals surface area contributed by atoms with Crippen LogP contribution in [0, 0.1) is 11.3 Å². The fourth-order valence-corrected chi connectivity index (χ4v) is 2.82. The molecule has 0 atom stereocenters. The van der Waals surface area contributed by atoms with E-state index in [1.165, 1.54) is 12.3 Å². The van der Waals surface area contributed by atoms with Gasteiger partial charge in [0.25, 0.3) is 11.8 Å². The van der Waals surface area contributed by atoms with Crippen LogP contribution >= 0.6 is 0 Å². The third-order valence-corrected chi connectivity index (χ3v) is 4.13. The summed E-state index contributed by atoms with van der Waals surface area (Å²) < 4.78 is 0. The molecule has 1 N–H and O–H groups in total. The molecule has 6 heteroatoms. The molecule has 2 heterocycles. The van der Waals surface area contributed by atoms with Gasteiger partial charge in [0.05, 0.1) is 11.6 Å². The van der Waals surface area contributed by atoms with Gasteiger partial charge in [-0.1, -0.05) is 6.07 Å². The summed E-state index contributed by atoms with van der Waals surface area (Å²) in [4.78, 5) is 30.8. The summed E-state index contributed by atoms with van der Waals surface area (Å²) >= 11 is 0. The summed E-state index contributed by atoms with van der Waals surface area (Å²) in [5.74, 6) is -0.481. The number of rotatable bonds is 3. The number of aromatic nitrogens is 1. The second-order valence-electron chi connectivity index (χ2n) is 5.93. The van der Waals surface area contributed by atoms with Gasteiger partial charge in [0, 0.05) is 30.5 Å². The predicted octanol–water partition coefficient (Wildman–Crippen LogP) is 2.83. The van der Waals surface area contributed by atoms with E-state index in [0.29, 0.717) is 16.8 Å². The summed E-state index contributed by atoms with van der Waals surface area (Å²) in [5, 5.41) is 11.7. The largest absolute Gasteiger partial charge is 0.337 e. The molecule has 6 nitrogen and oxygen atoms in total. The molecule has 1 aromatic heterocycles. The van der Waals surface area contributed by atoms with Crippen molar-refractivity contribution in [2.24, 2.45) is 0 Å². The molecule has 0 radical (unpaired) electrons. The van der Waals surface area contributed by atoms with E-state index < -0.39 is 0 Å². The number of benzene rings is 1. The van der Waals surface area contributed by atoms with Gasteiger partial charge in [-0.15, -0.1) is 0 Å². The Balaban J connectivity index is 1.75. The number of hydrogen-bond acceptors (Lipinski definition) is 4. The molecule has 0 spiro atoms. The molecule has 2 aromatic rings. The van der Waals surface area contributed by atoms with Crippen molar-refractivity contribution in [2.45, 2.75) is 19.3 Å². The second-order valence-corrected chi connectivity index (χ2v) is 5.93. The van der Waals surface area contributed by atoms with Crippen LogP contribution in [0.3, 0.4) is 0 Å². The van der Waals surface area contributed by atoms with Crippen LogP contribution in [0.25, 0.3) is 0 Å². The summed E-state index contributed by atoms with van der Waals surface area (Å²) in [6.45, 7) is 1.47. The van der Waals surface area contributed by atoms with Gasteiger partial charge in [-0.3, -0.25) is 14.6 Å². The van der Waals surface area contributed by atoms with Gasteiger partial charge in [0.2, 0.25) is 0 Å². The van der Waals surface area contributed by atoms with Gasteiger partial charge in [0.1, 0.15) is 5.69 Å². The zero-order chi connectivity index (χ0) is 17.6. The van der Waals surface area contributed by atoms with E-state index in [2.05, 4.69) is 10.3 Å². The van der Waals surface area contributed by atoms with E-state index in [-0.39, 0.29) is 17.5 Å². The van der Waals surface area contributed by atoms with Gasteiger partial charge in [-0.05, 0) is 49.6 Å². The normalized spacial score (nSPS) is 13.8. The number of anilines is 1. The Morgan fingerprint density at radius 1 is 1.12 bits per heavy atom. The van der Waals surface area contributed by atoms with Crippen molar-refractivity contribution in [3.05, 3.63) is 59.4 Å². The first kappa shape index (κ1) is 16.7. The third-order valence-electron chi connectivity index (χ3n) is 4.13. The molecule has 25 heavy (non-hydrogen) atoms. The smallest absolute Gasteiger partial charge is 0.272 e. The number of nitriles is 1. The molecular weight excluding hydrogens is 316 g/mol. The van der Waals surface area contributed by atoms with Crippen molar-refractivity contribution in [3.8, 4) is 6.07 Å². The minimum Gasteiger partial charge on any atom is -0.337 e. The van der Waals surface area contributed by atoms with Crippen LogP contribution in [-0.4, -0.2) is 34.8 Å². The van der Waals surface area contributed by atoms with Crippen LogP contribution < -0.4 is 5.32 Å². The first-order valence-electron chi connectivity index (χ1n) is 8.24. The highest BCUT2D eigenvalue weighted by Gasteiger charge is 2.20. The first-order chi connectivity index (χ1) is 12.2. The molecule has 1 aliphatic heterocycles. The summed E-state index contributed by atoms with van der Waals surface area (Å²) in [6.07, 6.45) is 4.61. The van der Waals surface area contributed by atoms with Crippen LogP contribution in [0.15, 0.2) is 42.6 Å². The van der Waals surface area contributed by atoms with Gasteiger partial charge in [-0.2, -0.15) is 5.26 Å². The van der Waals surface area contributed by atoms with Crippen LogP contribution in [0.2, 0.25) is 0 Å². The lowest BCUT2D eigenvalue weighted by molar-refractivity contribution is 0.0718. The van der Waals surface area contributed by atoms with Crippen LogP contribution in [0.1, 0.15) is 45.7 Å². The third kappa shape index (κ3) is 4.01. The van der Waals surface area contributed by atoms with E-state index in [9.17, 15) is 9.59 Å². The first-order valence-corrected chi connectivity index (χ1v) is 8.24. The molecule has 1 fully saturated rings. The van der Waals surface area contributed by atoms with E-state index >= 15 is 0 Å². The van der Waals surface area contributed by atoms with Crippen molar-refractivity contribution >= 4 is 17.5 Å². The number of carbonyl (C=O) groups is 2. The molecule has 1 aromatic carbocycles. The fourth-order valence-electron chi connectivity index (χ4n) is 2.82. The highest BCUT2D eigenvalue weighted by Crippen LogP contribution is 2.15. The number of nitrogens with zero attached hydrogens (tertiary/aromatic N) is 3. The number of pyridine rings is 1. The summed E-state index contributed by atoms with van der Waals surface area (Å²) in [7, 11) is 0. The van der Waals surface area contributed by atoms with Gasteiger partial charge < -0.3 is 10.2 Å². The Hall–Kier alpha value is -3.20. The summed E-state index contributed by atoms with van der Waals surface area (Å²) in [5.41, 5.74) is 1.64. The number of nitrogens with one attached hydrogen (secondary N) is 1. The van der Waals surface area contributed by atoms with E-state index in [1.807, 2.05) is 6.07 Å². The topological polar surface area (TPSA) is 86.1 Å². The van der Waals surface area contributed by atoms with Gasteiger partial charge in [0.15, 0.2) is 0 Å². The van der Waals surface area contributed by atoms with Crippen LogP contribution in [0.5, 0.6) is 0 Å². The maximum absolute atomic E-state index is 12.5. The SMILES string of the molecule is N#Cc1cccc(NC(=O)c2ccnc(C(=O)N3CCCCC3)c2)c1. The van der Waals surface area contributed by atoms with Crippen molar-refractivity contribution in [3.63, 3.8) is 0 Å². The van der Waals surface area contributed by atoms with Crippen molar-refractivity contribution in [1.82, 2.24) is 9.88 Å². The highest BCUT2D eigenvalue weighted by atomic mass is 16.2. The van der Waals surface area contributed by atoms with E-state index in [0.717, 1.165) is 32.4 Å². The Bertz CT molecular complexity index is 835. The van der Waals surface area contributed by atoms with Crippen molar-refractivity contribution < 1.29 is 9.59 Å². The molecule has 1 aliphatic rings. The standard InChI is InChI=1S/C19H18N4O2/c20-13-14-5-4-6-16(11-14)22-18(24)15-7-8-21-17(12-15)19(25)23-9-2-1-3-10-23/h4-8,11-12H,1-3,9-10H2,(H,22,24). The van der Waals surface area contributed by atoms with E-state index in [1.54, 1.807) is 35.2 Å². The van der Waals surface area contributed by atoms with Crippen molar-refractivity contribution in [1.29, 1.82) is 5.26 Å². The van der Waals surface area contributed by atoms with Crippen LogP contribution in [0.4, 0.5) is 5.69 Å². The molecule has 3 rings (SSSR count). The number of likely N-dealkylation sites (tertiary alicyclic amines) is 1. The lowest BCUT2D eigenvalue weighted by Crippen LogP contribution is -2.36. The highest BCUT2D eigenvalue weighted by molar-refractivity contribution is 6.05. The number of amides is 2. The fraction of sp³-hybridized carbons (Fsp3) is 0.263. The number of carbonyl (C=O) groups excluding carboxylic acids is 2. The average molecular weight is 334 g/mol. The molecule has 0 aliphatic carbocycles.